The van der Waals surface area contributed by atoms with Gasteiger partial charge in [-0.25, -0.2) is 4.98 Å². The Morgan fingerprint density at radius 3 is 2.74 bits per heavy atom. The van der Waals surface area contributed by atoms with E-state index in [0.717, 1.165) is 12.3 Å². The van der Waals surface area contributed by atoms with Gasteiger partial charge in [0.15, 0.2) is 0 Å². The van der Waals surface area contributed by atoms with Gasteiger partial charge >= 0.3 is 5.69 Å². The molecule has 1 aromatic rings. The monoisotopic (exact) mass is 284 g/mol. The van der Waals surface area contributed by atoms with Crippen LogP contribution in [0.2, 0.25) is 5.28 Å². The summed E-state index contributed by atoms with van der Waals surface area (Å²) in [6.45, 7) is 2.24. The van der Waals surface area contributed by atoms with Crippen LogP contribution in [0.3, 0.4) is 0 Å². The lowest BCUT2D eigenvalue weighted by Crippen LogP contribution is -2.11. The zero-order valence-electron chi connectivity index (χ0n) is 10.9. The molecule has 0 radical (unpaired) electrons. The molecule has 1 aliphatic rings. The molecule has 1 N–H and O–H groups in total. The van der Waals surface area contributed by atoms with E-state index in [2.05, 4.69) is 15.3 Å². The minimum atomic E-state index is -0.469. The van der Waals surface area contributed by atoms with E-state index < -0.39 is 4.92 Å². The molecule has 0 saturated heterocycles. The highest BCUT2D eigenvalue weighted by Crippen LogP contribution is 2.29. The van der Waals surface area contributed by atoms with Crippen molar-refractivity contribution in [2.45, 2.75) is 39.0 Å². The summed E-state index contributed by atoms with van der Waals surface area (Å²) in [5.74, 6) is 0.949. The summed E-state index contributed by atoms with van der Waals surface area (Å²) < 4.78 is 0. The van der Waals surface area contributed by atoms with Gasteiger partial charge in [-0.15, -0.1) is 0 Å². The van der Waals surface area contributed by atoms with Crippen LogP contribution >= 0.6 is 11.6 Å². The second kappa shape index (κ2) is 6.14. The molecule has 7 heteroatoms. The van der Waals surface area contributed by atoms with Crippen molar-refractivity contribution in [3.8, 4) is 0 Å². The van der Waals surface area contributed by atoms with Gasteiger partial charge in [0.1, 0.15) is 5.69 Å². The van der Waals surface area contributed by atoms with Crippen molar-refractivity contribution in [1.82, 2.24) is 9.97 Å². The third-order valence-electron chi connectivity index (χ3n) is 3.53. The fraction of sp³-hybridized carbons (Fsp3) is 0.667. The second-order valence-electron chi connectivity index (χ2n) is 4.90. The number of anilines is 1. The van der Waals surface area contributed by atoms with Crippen LogP contribution in [0.25, 0.3) is 0 Å². The summed E-state index contributed by atoms with van der Waals surface area (Å²) in [6.07, 6.45) is 6.12. The fourth-order valence-electron chi connectivity index (χ4n) is 2.57. The van der Waals surface area contributed by atoms with Crippen molar-refractivity contribution in [3.63, 3.8) is 0 Å². The Kier molecular flexibility index (Phi) is 4.52. The second-order valence-corrected chi connectivity index (χ2v) is 5.24. The van der Waals surface area contributed by atoms with E-state index in [1.165, 1.54) is 25.7 Å². The Hall–Kier alpha value is -1.43. The van der Waals surface area contributed by atoms with Gasteiger partial charge < -0.3 is 5.32 Å². The molecule has 0 amide bonds. The smallest absolute Gasteiger partial charge is 0.332 e. The molecule has 0 aliphatic heterocycles. The molecule has 1 aromatic heterocycles. The number of nitrogens with one attached hydrogen (secondary N) is 1. The van der Waals surface area contributed by atoms with E-state index in [1.54, 1.807) is 6.92 Å². The molecule has 0 bridgehead atoms. The maximum atomic E-state index is 11.0. The normalized spacial score (nSPS) is 15.7. The molecule has 2 rings (SSSR count). The van der Waals surface area contributed by atoms with Crippen LogP contribution in [-0.2, 0) is 0 Å². The first kappa shape index (κ1) is 14.0. The van der Waals surface area contributed by atoms with Crippen molar-refractivity contribution in [3.05, 3.63) is 21.1 Å². The molecule has 1 heterocycles. The van der Waals surface area contributed by atoms with Gasteiger partial charge in [0.25, 0.3) is 0 Å². The number of rotatable bonds is 5. The molecule has 1 aliphatic carbocycles. The van der Waals surface area contributed by atoms with Crippen molar-refractivity contribution >= 4 is 23.1 Å². The average Bonchev–Trinajstić information content (AvgIpc) is 2.80. The first-order valence-electron chi connectivity index (χ1n) is 6.50. The quantitative estimate of drug-likeness (QED) is 0.509. The summed E-state index contributed by atoms with van der Waals surface area (Å²) in [5, 5.41) is 14.1. The largest absolute Gasteiger partial charge is 0.364 e. The zero-order valence-corrected chi connectivity index (χ0v) is 11.6. The van der Waals surface area contributed by atoms with Crippen molar-refractivity contribution in [1.29, 1.82) is 0 Å². The third-order valence-corrected chi connectivity index (χ3v) is 3.70. The predicted molar refractivity (Wildman–Crippen MR) is 73.5 cm³/mol. The predicted octanol–water partition coefficient (Wildman–Crippen LogP) is 3.34. The van der Waals surface area contributed by atoms with Crippen LogP contribution in [0, 0.1) is 23.0 Å². The summed E-state index contributed by atoms with van der Waals surface area (Å²) in [6, 6.07) is 0. The fourth-order valence-corrected chi connectivity index (χ4v) is 2.78. The molecule has 1 fully saturated rings. The molecular formula is C12H17ClN4O2. The Labute approximate surface area is 116 Å². The Morgan fingerprint density at radius 2 is 2.11 bits per heavy atom. The summed E-state index contributed by atoms with van der Waals surface area (Å²) in [4.78, 5) is 18.3. The first-order chi connectivity index (χ1) is 9.08. The number of halogens is 1. The Bertz CT molecular complexity index is 475. The van der Waals surface area contributed by atoms with Gasteiger partial charge in [-0.2, -0.15) is 4.98 Å². The maximum absolute atomic E-state index is 11.0. The Balaban J connectivity index is 2.03. The van der Waals surface area contributed by atoms with Gasteiger partial charge in [0.05, 0.1) is 4.92 Å². The lowest BCUT2D eigenvalue weighted by molar-refractivity contribution is -0.385. The molecule has 19 heavy (non-hydrogen) atoms. The SMILES string of the molecule is Cc1nc(Cl)nc(NCCC2CCCC2)c1[N+](=O)[O-]. The highest BCUT2D eigenvalue weighted by molar-refractivity contribution is 6.28. The standard InChI is InChI=1S/C12H17ClN4O2/c1-8-10(17(18)19)11(16-12(13)15-8)14-7-6-9-4-2-3-5-9/h9H,2-7H2,1H3,(H,14,15,16). The van der Waals surface area contributed by atoms with Gasteiger partial charge in [0.2, 0.25) is 11.1 Å². The number of aromatic nitrogens is 2. The van der Waals surface area contributed by atoms with E-state index in [9.17, 15) is 10.1 Å². The minimum absolute atomic E-state index is 0.0338. The molecule has 0 atom stereocenters. The minimum Gasteiger partial charge on any atom is -0.364 e. The average molecular weight is 285 g/mol. The molecule has 104 valence electrons. The van der Waals surface area contributed by atoms with Crippen molar-refractivity contribution in [2.24, 2.45) is 5.92 Å². The zero-order chi connectivity index (χ0) is 13.8. The van der Waals surface area contributed by atoms with E-state index in [1.807, 2.05) is 0 Å². The van der Waals surface area contributed by atoms with Crippen LogP contribution in [0.5, 0.6) is 0 Å². The van der Waals surface area contributed by atoms with E-state index in [0.29, 0.717) is 6.54 Å². The molecule has 0 spiro atoms. The van der Waals surface area contributed by atoms with Gasteiger partial charge in [-0.05, 0) is 30.9 Å². The Morgan fingerprint density at radius 1 is 1.42 bits per heavy atom. The van der Waals surface area contributed by atoms with Gasteiger partial charge in [-0.1, -0.05) is 25.7 Å². The van der Waals surface area contributed by atoms with E-state index in [-0.39, 0.29) is 22.5 Å². The van der Waals surface area contributed by atoms with Crippen LogP contribution in [0.1, 0.15) is 37.8 Å². The molecular weight excluding hydrogens is 268 g/mol. The van der Waals surface area contributed by atoms with Gasteiger partial charge in [-0.3, -0.25) is 10.1 Å². The summed E-state index contributed by atoms with van der Waals surface area (Å²) in [5.41, 5.74) is 0.198. The first-order valence-corrected chi connectivity index (χ1v) is 6.88. The summed E-state index contributed by atoms with van der Waals surface area (Å²) in [7, 11) is 0. The lowest BCUT2D eigenvalue weighted by Gasteiger charge is -2.11. The molecule has 1 saturated carbocycles. The van der Waals surface area contributed by atoms with Crippen molar-refractivity contribution < 1.29 is 4.92 Å². The maximum Gasteiger partial charge on any atom is 0.332 e. The molecule has 0 unspecified atom stereocenters. The summed E-state index contributed by atoms with van der Waals surface area (Å²) >= 11 is 5.75. The van der Waals surface area contributed by atoms with E-state index in [4.69, 9.17) is 11.6 Å². The molecule has 6 nitrogen and oxygen atoms in total. The number of nitro groups is 1. The highest BCUT2D eigenvalue weighted by Gasteiger charge is 2.22. The third kappa shape index (κ3) is 3.53. The van der Waals surface area contributed by atoms with Crippen molar-refractivity contribution in [2.75, 3.05) is 11.9 Å². The van der Waals surface area contributed by atoms with E-state index >= 15 is 0 Å². The topological polar surface area (TPSA) is 81.0 Å². The van der Waals surface area contributed by atoms with Crippen LogP contribution in [-0.4, -0.2) is 21.4 Å². The highest BCUT2D eigenvalue weighted by atomic mass is 35.5. The number of nitrogens with zero attached hydrogens (tertiary/aromatic N) is 3. The van der Waals surface area contributed by atoms with Crippen LogP contribution in [0.15, 0.2) is 0 Å². The molecule has 0 aromatic carbocycles. The van der Waals surface area contributed by atoms with Crippen LogP contribution in [0.4, 0.5) is 11.5 Å². The van der Waals surface area contributed by atoms with Gasteiger partial charge in [0, 0.05) is 6.54 Å². The number of hydrogen-bond donors (Lipinski definition) is 1. The number of aryl methyl sites for hydroxylation is 1. The van der Waals surface area contributed by atoms with Crippen LogP contribution < -0.4 is 5.32 Å². The lowest BCUT2D eigenvalue weighted by atomic mass is 10.0. The number of hydrogen-bond acceptors (Lipinski definition) is 5.